The quantitative estimate of drug-likeness (QED) is 0.186. The molecule has 234 valence electrons. The van der Waals surface area contributed by atoms with Crippen molar-refractivity contribution in [1.29, 1.82) is 0 Å². The summed E-state index contributed by atoms with van der Waals surface area (Å²) in [5, 5.41) is 3.55. The summed E-state index contributed by atoms with van der Waals surface area (Å²) in [6, 6.07) is 32.5. The smallest absolute Gasteiger partial charge is 0.238 e. The van der Waals surface area contributed by atoms with Gasteiger partial charge in [0.15, 0.2) is 11.6 Å². The van der Waals surface area contributed by atoms with Crippen LogP contribution in [-0.4, -0.2) is 24.1 Å². The van der Waals surface area contributed by atoms with Gasteiger partial charge in [0.05, 0.1) is 41.5 Å². The highest BCUT2D eigenvalue weighted by atomic mass is 15.2. The zero-order valence-electron chi connectivity index (χ0n) is 36.2. The average molecular weight is 650 g/mol. The van der Waals surface area contributed by atoms with E-state index in [0.29, 0.717) is 11.0 Å². The first-order valence-electron chi connectivity index (χ1n) is 21.0. The number of nitrogens with zero attached hydrogens (tertiary/aromatic N) is 5. The molecule has 5 nitrogen and oxygen atoms in total. The largest absolute Gasteiger partial charge is 0.309 e. The Hall–Kier alpha value is -6.85. The van der Waals surface area contributed by atoms with Crippen LogP contribution in [0.25, 0.3) is 89.2 Å². The molecule has 0 saturated heterocycles. The van der Waals surface area contributed by atoms with Crippen molar-refractivity contribution in [1.82, 2.24) is 24.1 Å². The van der Waals surface area contributed by atoms with Crippen molar-refractivity contribution in [2.24, 2.45) is 0 Å². The molecule has 0 atom stereocenters. The fourth-order valence-corrected chi connectivity index (χ4v) is 6.85. The summed E-state index contributed by atoms with van der Waals surface area (Å²) in [4.78, 5) is 14.1. The van der Waals surface area contributed by atoms with Crippen LogP contribution >= 0.6 is 0 Å². The summed E-state index contributed by atoms with van der Waals surface area (Å²) in [7, 11) is 0. The van der Waals surface area contributed by atoms with Crippen molar-refractivity contribution in [2.45, 2.75) is 0 Å². The summed E-state index contributed by atoms with van der Waals surface area (Å²) in [6.07, 6.45) is 0. The van der Waals surface area contributed by atoms with Gasteiger partial charge in [0.1, 0.15) is 0 Å². The Morgan fingerprint density at radius 2 is 0.900 bits per heavy atom. The molecule has 3 aromatic heterocycles. The van der Waals surface area contributed by atoms with Crippen molar-refractivity contribution in [3.05, 3.63) is 176 Å². The molecule has 0 radical (unpaired) electrons. The Labute approximate surface area is 302 Å². The molecule has 5 heteroatoms. The lowest BCUT2D eigenvalue weighted by atomic mass is 10.0. The van der Waals surface area contributed by atoms with Crippen LogP contribution in [0.5, 0.6) is 0 Å². The van der Waals surface area contributed by atoms with Crippen LogP contribution in [0.3, 0.4) is 0 Å². The van der Waals surface area contributed by atoms with Gasteiger partial charge in [-0.1, -0.05) is 145 Å². The zero-order chi connectivity index (χ0) is 41.7. The summed E-state index contributed by atoms with van der Waals surface area (Å²) in [5.74, 6) is -0.725. The van der Waals surface area contributed by atoms with Gasteiger partial charge in [-0.05, 0) is 35.9 Å². The van der Waals surface area contributed by atoms with Crippen molar-refractivity contribution in [3.63, 3.8) is 0 Å². The SMILES string of the molecule is [2H]c1c([2H])c([2H])c(-c2nc(-c3c([2H])c([2H])c([2H])c([2H])c3[2H])nc(-n3c4ccccc4c4cc5c(cc43)c3ccccc3n5-c3ccccc3-c3ccccc3)n2)c([2H])c1[2H]. The third-order valence-corrected chi connectivity index (χ3v) is 8.97. The van der Waals surface area contributed by atoms with Gasteiger partial charge in [0.25, 0.3) is 0 Å². The Morgan fingerprint density at radius 1 is 0.400 bits per heavy atom. The molecule has 0 spiro atoms. The molecule has 0 aliphatic heterocycles. The van der Waals surface area contributed by atoms with Gasteiger partial charge in [-0.15, -0.1) is 0 Å². The lowest BCUT2D eigenvalue weighted by molar-refractivity contribution is 0.954. The van der Waals surface area contributed by atoms with Gasteiger partial charge in [-0.2, -0.15) is 9.97 Å². The van der Waals surface area contributed by atoms with Gasteiger partial charge in [0, 0.05) is 38.2 Å². The van der Waals surface area contributed by atoms with Gasteiger partial charge in [-0.25, -0.2) is 4.98 Å². The van der Waals surface area contributed by atoms with Crippen LogP contribution in [0.4, 0.5) is 0 Å². The maximum atomic E-state index is 8.81. The van der Waals surface area contributed by atoms with E-state index in [-0.39, 0.29) is 28.7 Å². The molecule has 0 saturated carbocycles. The van der Waals surface area contributed by atoms with Crippen LogP contribution in [0.1, 0.15) is 13.7 Å². The van der Waals surface area contributed by atoms with E-state index in [4.69, 9.17) is 23.7 Å². The van der Waals surface area contributed by atoms with Crippen LogP contribution in [0, 0.1) is 0 Å². The molecule has 3 heterocycles. The molecule has 10 rings (SSSR count). The second-order valence-electron chi connectivity index (χ2n) is 11.8. The highest BCUT2D eigenvalue weighted by Crippen LogP contribution is 2.41. The van der Waals surface area contributed by atoms with E-state index in [0.717, 1.165) is 49.4 Å². The third-order valence-electron chi connectivity index (χ3n) is 8.97. The van der Waals surface area contributed by atoms with Crippen LogP contribution in [0.2, 0.25) is 0 Å². The van der Waals surface area contributed by atoms with E-state index in [2.05, 4.69) is 52.0 Å². The van der Waals surface area contributed by atoms with E-state index in [1.165, 1.54) is 0 Å². The topological polar surface area (TPSA) is 48.5 Å². The first-order chi connectivity index (χ1) is 29.0. The van der Waals surface area contributed by atoms with E-state index >= 15 is 0 Å². The molecule has 0 N–H and O–H groups in total. The standard InChI is InChI=1S/C45H29N5/c1-4-16-30(17-5-1)33-22-10-13-25-38(33)49-39-26-14-11-23-34(39)36-29-42-37(28-41(36)49)35-24-12-15-27-40(35)50(42)45-47-43(31-18-6-2-7-19-31)46-44(48-45)32-20-8-3-9-21-32/h1-29H/i2D,3D,6D,7D,8D,9D,18D,19D,20D,21D. The van der Waals surface area contributed by atoms with Crippen molar-refractivity contribution >= 4 is 43.6 Å². The molecule has 50 heavy (non-hydrogen) atoms. The minimum Gasteiger partial charge on any atom is -0.309 e. The second-order valence-corrected chi connectivity index (χ2v) is 11.8. The molecule has 0 aliphatic rings. The van der Waals surface area contributed by atoms with Gasteiger partial charge in [0.2, 0.25) is 5.95 Å². The minimum atomic E-state index is -0.609. The fraction of sp³-hybridized carbons (Fsp3) is 0. The molecule has 0 amide bonds. The summed E-state index contributed by atoms with van der Waals surface area (Å²) < 4.78 is 89.3. The van der Waals surface area contributed by atoms with Crippen LogP contribution in [-0.2, 0) is 0 Å². The Bertz CT molecular complexity index is 3310. The summed E-state index contributed by atoms with van der Waals surface area (Å²) >= 11 is 0. The molecule has 0 bridgehead atoms. The van der Waals surface area contributed by atoms with E-state index in [1.807, 2.05) is 72.8 Å². The van der Waals surface area contributed by atoms with Gasteiger partial charge >= 0.3 is 0 Å². The van der Waals surface area contributed by atoms with E-state index in [9.17, 15) is 0 Å². The van der Waals surface area contributed by atoms with Crippen LogP contribution in [0.15, 0.2) is 176 Å². The lowest BCUT2D eigenvalue weighted by Crippen LogP contribution is -2.06. The highest BCUT2D eigenvalue weighted by molar-refractivity contribution is 6.19. The average Bonchev–Trinajstić information content (AvgIpc) is 3.77. The Kier molecular flexibility index (Phi) is 4.52. The normalized spacial score (nSPS) is 14.4. The van der Waals surface area contributed by atoms with Gasteiger partial charge < -0.3 is 4.57 Å². The van der Waals surface area contributed by atoms with E-state index < -0.39 is 60.4 Å². The number of para-hydroxylation sites is 3. The molecular weight excluding hydrogens is 611 g/mol. The number of aromatic nitrogens is 5. The Morgan fingerprint density at radius 3 is 1.52 bits per heavy atom. The molecule has 10 aromatic rings. The van der Waals surface area contributed by atoms with Crippen molar-refractivity contribution in [3.8, 4) is 45.5 Å². The number of hydrogen-bond donors (Lipinski definition) is 0. The number of rotatable bonds is 5. The predicted octanol–water partition coefficient (Wildman–Crippen LogP) is 11.1. The first-order valence-corrected chi connectivity index (χ1v) is 16.0. The minimum absolute atomic E-state index is 0.0580. The first kappa shape index (κ1) is 19.8. The Balaban J connectivity index is 1.33. The van der Waals surface area contributed by atoms with Gasteiger partial charge in [-0.3, -0.25) is 4.57 Å². The number of hydrogen-bond acceptors (Lipinski definition) is 3. The number of benzene rings is 7. The molecule has 7 aromatic carbocycles. The van der Waals surface area contributed by atoms with Crippen molar-refractivity contribution < 1.29 is 13.7 Å². The lowest BCUT2D eigenvalue weighted by Gasteiger charge is -2.14. The maximum Gasteiger partial charge on any atom is 0.238 e. The zero-order valence-corrected chi connectivity index (χ0v) is 26.2. The summed E-state index contributed by atoms with van der Waals surface area (Å²) in [6.45, 7) is 0. The summed E-state index contributed by atoms with van der Waals surface area (Å²) in [5.41, 5.74) is 5.67. The monoisotopic (exact) mass is 649 g/mol. The van der Waals surface area contributed by atoms with E-state index in [1.54, 1.807) is 4.57 Å². The molecule has 0 unspecified atom stereocenters. The predicted molar refractivity (Wildman–Crippen MR) is 205 cm³/mol. The maximum absolute atomic E-state index is 8.81. The van der Waals surface area contributed by atoms with Crippen LogP contribution < -0.4 is 0 Å². The molecule has 0 fully saturated rings. The fourth-order valence-electron chi connectivity index (χ4n) is 6.85. The highest BCUT2D eigenvalue weighted by Gasteiger charge is 2.21. The molecule has 0 aliphatic carbocycles. The van der Waals surface area contributed by atoms with Crippen molar-refractivity contribution in [2.75, 3.05) is 0 Å². The third kappa shape index (κ3) is 4.45. The number of fused-ring (bicyclic) bond motifs is 6. The molecular formula is C45H29N5. The second kappa shape index (κ2) is 11.4.